The highest BCUT2D eigenvalue weighted by atomic mass is 28.3. The maximum Gasteiger partial charge on any atom is 0.176 e. The average molecular weight is 449 g/mol. The summed E-state index contributed by atoms with van der Waals surface area (Å²) in [7, 11) is -1.51. The van der Waals surface area contributed by atoms with Crippen LogP contribution in [-0.4, -0.2) is 26.5 Å². The van der Waals surface area contributed by atoms with E-state index in [1.54, 1.807) is 0 Å². The predicted octanol–water partition coefficient (Wildman–Crippen LogP) is 6.12. The molecule has 0 aliphatic rings. The fourth-order valence-corrected chi connectivity index (χ4v) is 4.86. The summed E-state index contributed by atoms with van der Waals surface area (Å²) in [5.74, 6) is 0. The van der Waals surface area contributed by atoms with E-state index in [-0.39, 0.29) is 5.41 Å². The lowest BCUT2D eigenvalue weighted by Crippen LogP contribution is -2.45. The topological polar surface area (TPSA) is 38.7 Å². The fourth-order valence-electron chi connectivity index (χ4n) is 4.09. The van der Waals surface area contributed by atoms with Crippen molar-refractivity contribution in [3.63, 3.8) is 0 Å². The minimum atomic E-state index is -1.51. The molecule has 0 spiro atoms. The van der Waals surface area contributed by atoms with Crippen LogP contribution in [0.2, 0.25) is 13.1 Å². The van der Waals surface area contributed by atoms with Crippen LogP contribution in [0.25, 0.3) is 0 Å². The first-order valence-corrected chi connectivity index (χ1v) is 14.2. The Balaban J connectivity index is 2.20. The molecule has 2 unspecified atom stereocenters. The summed E-state index contributed by atoms with van der Waals surface area (Å²) in [5.41, 5.74) is 2.02. The number of aliphatic hydroxyl groups excluding tert-OH is 1. The maximum absolute atomic E-state index is 11.3. The molecule has 2 atom stereocenters. The summed E-state index contributed by atoms with van der Waals surface area (Å²) in [5, 5.41) is 11.3. The van der Waals surface area contributed by atoms with Gasteiger partial charge in [-0.05, 0) is 41.6 Å². The van der Waals surface area contributed by atoms with Gasteiger partial charge < -0.3 is 14.3 Å². The monoisotopic (exact) mass is 448 g/mol. The number of aliphatic hydroxyl groups is 1. The van der Waals surface area contributed by atoms with Crippen molar-refractivity contribution in [2.45, 2.75) is 58.3 Å². The van der Waals surface area contributed by atoms with Crippen LogP contribution in [0, 0.1) is 5.41 Å². The van der Waals surface area contributed by atoms with Gasteiger partial charge in [0.25, 0.3) is 0 Å². The van der Waals surface area contributed by atoms with E-state index in [1.807, 2.05) is 54.6 Å². The van der Waals surface area contributed by atoms with Crippen molar-refractivity contribution in [3.05, 3.63) is 108 Å². The summed E-state index contributed by atoms with van der Waals surface area (Å²) in [6.45, 7) is 10.6. The van der Waals surface area contributed by atoms with E-state index in [9.17, 15) is 5.11 Å². The normalized spacial score (nSPS) is 14.3. The van der Waals surface area contributed by atoms with Gasteiger partial charge in [-0.2, -0.15) is 0 Å². The number of ether oxygens (including phenoxy) is 1. The molecule has 32 heavy (non-hydrogen) atoms. The van der Waals surface area contributed by atoms with E-state index in [0.29, 0.717) is 6.42 Å². The van der Waals surface area contributed by atoms with Crippen molar-refractivity contribution in [1.29, 1.82) is 0 Å². The molecule has 3 rings (SSSR count). The number of hydrogen-bond acceptors (Lipinski definition) is 3. The Kier molecular flexibility index (Phi) is 8.07. The Morgan fingerprint density at radius 2 is 1.09 bits per heavy atom. The zero-order valence-corrected chi connectivity index (χ0v) is 21.0. The molecule has 0 aliphatic carbocycles. The standard InChI is InChI=1S/C28H36O3Si/c1-27(2,3)21-25(29)26(31-32(4)5)30-28(22-15-9-6-10-16-22,23-17-11-7-12-18-23)24-19-13-8-14-20-24/h6-20,25-26,29,32H,21H2,1-5H3. The highest BCUT2D eigenvalue weighted by molar-refractivity contribution is 6.48. The molecule has 0 aliphatic heterocycles. The van der Waals surface area contributed by atoms with E-state index in [4.69, 9.17) is 9.16 Å². The molecule has 3 nitrogen and oxygen atoms in total. The zero-order chi connectivity index (χ0) is 23.2. The first-order valence-electron chi connectivity index (χ1n) is 11.4. The van der Waals surface area contributed by atoms with Crippen molar-refractivity contribution in [1.82, 2.24) is 0 Å². The second kappa shape index (κ2) is 10.6. The van der Waals surface area contributed by atoms with Gasteiger partial charge in [-0.3, -0.25) is 0 Å². The highest BCUT2D eigenvalue weighted by Crippen LogP contribution is 2.42. The van der Waals surface area contributed by atoms with Crippen LogP contribution in [0.1, 0.15) is 43.9 Å². The summed E-state index contributed by atoms with van der Waals surface area (Å²) in [6, 6.07) is 30.7. The van der Waals surface area contributed by atoms with Gasteiger partial charge in [0.15, 0.2) is 15.3 Å². The Bertz CT molecular complexity index is 840. The summed E-state index contributed by atoms with van der Waals surface area (Å²) >= 11 is 0. The van der Waals surface area contributed by atoms with Gasteiger partial charge in [-0.25, -0.2) is 0 Å². The number of benzene rings is 3. The lowest BCUT2D eigenvalue weighted by atomic mass is 9.80. The summed E-state index contributed by atoms with van der Waals surface area (Å²) in [4.78, 5) is 0. The molecule has 0 fully saturated rings. The van der Waals surface area contributed by atoms with Crippen molar-refractivity contribution in [3.8, 4) is 0 Å². The number of rotatable bonds is 9. The van der Waals surface area contributed by atoms with E-state index in [0.717, 1.165) is 16.7 Å². The van der Waals surface area contributed by atoms with Gasteiger partial charge in [-0.15, -0.1) is 0 Å². The van der Waals surface area contributed by atoms with E-state index < -0.39 is 27.0 Å². The molecule has 170 valence electrons. The van der Waals surface area contributed by atoms with Crippen LogP contribution < -0.4 is 0 Å². The SMILES string of the molecule is C[SiH](C)OC(OC(c1ccccc1)(c1ccccc1)c1ccccc1)C(O)CC(C)(C)C. The van der Waals surface area contributed by atoms with Crippen LogP contribution in [0.5, 0.6) is 0 Å². The fraction of sp³-hybridized carbons (Fsp3) is 0.357. The van der Waals surface area contributed by atoms with Crippen LogP contribution in [0.3, 0.4) is 0 Å². The third-order valence-corrected chi connectivity index (χ3v) is 6.19. The van der Waals surface area contributed by atoms with Crippen LogP contribution in [0.4, 0.5) is 0 Å². The van der Waals surface area contributed by atoms with Gasteiger partial charge >= 0.3 is 0 Å². The molecule has 0 heterocycles. The van der Waals surface area contributed by atoms with E-state index in [1.165, 1.54) is 0 Å². The molecule has 0 radical (unpaired) electrons. The third kappa shape index (κ3) is 5.96. The summed E-state index contributed by atoms with van der Waals surface area (Å²) < 4.78 is 13.3. The minimum absolute atomic E-state index is 0.0577. The van der Waals surface area contributed by atoms with E-state index in [2.05, 4.69) is 70.3 Å². The van der Waals surface area contributed by atoms with Crippen molar-refractivity contribution in [2.24, 2.45) is 5.41 Å². The lowest BCUT2D eigenvalue weighted by Gasteiger charge is -2.41. The molecule has 0 saturated carbocycles. The number of hydrogen-bond donors (Lipinski definition) is 1. The van der Waals surface area contributed by atoms with E-state index >= 15 is 0 Å². The van der Waals surface area contributed by atoms with Gasteiger partial charge in [0.2, 0.25) is 0 Å². The second-order valence-electron chi connectivity index (χ2n) is 9.78. The van der Waals surface area contributed by atoms with Gasteiger partial charge in [0, 0.05) is 0 Å². The Morgan fingerprint density at radius 3 is 1.41 bits per heavy atom. The van der Waals surface area contributed by atoms with Gasteiger partial charge in [0.1, 0.15) is 11.7 Å². The molecular formula is C28H36O3Si. The van der Waals surface area contributed by atoms with Crippen molar-refractivity contribution >= 4 is 9.04 Å². The Labute approximate surface area is 194 Å². The molecule has 0 saturated heterocycles. The minimum Gasteiger partial charge on any atom is -0.394 e. The third-order valence-electron chi connectivity index (χ3n) is 5.38. The molecule has 0 bridgehead atoms. The quantitative estimate of drug-likeness (QED) is 0.243. The first-order chi connectivity index (χ1) is 15.2. The smallest absolute Gasteiger partial charge is 0.176 e. The van der Waals surface area contributed by atoms with Crippen molar-refractivity contribution < 1.29 is 14.3 Å². The molecule has 1 N–H and O–H groups in total. The molecule has 0 aromatic heterocycles. The molecule has 3 aromatic rings. The molecule has 4 heteroatoms. The predicted molar refractivity (Wildman–Crippen MR) is 134 cm³/mol. The van der Waals surface area contributed by atoms with Gasteiger partial charge in [0.05, 0.1) is 0 Å². The van der Waals surface area contributed by atoms with Crippen molar-refractivity contribution in [2.75, 3.05) is 0 Å². The Morgan fingerprint density at radius 1 is 0.719 bits per heavy atom. The first kappa shape index (κ1) is 24.4. The van der Waals surface area contributed by atoms with Crippen LogP contribution >= 0.6 is 0 Å². The largest absolute Gasteiger partial charge is 0.394 e. The average Bonchev–Trinajstić information content (AvgIpc) is 2.77. The molecule has 3 aromatic carbocycles. The maximum atomic E-state index is 11.3. The highest BCUT2D eigenvalue weighted by Gasteiger charge is 2.42. The summed E-state index contributed by atoms with van der Waals surface area (Å²) in [6.07, 6.45) is -0.922. The Hall–Kier alpha value is -2.24. The molecular weight excluding hydrogens is 412 g/mol. The van der Waals surface area contributed by atoms with Crippen LogP contribution in [-0.2, 0) is 14.8 Å². The van der Waals surface area contributed by atoms with Crippen LogP contribution in [0.15, 0.2) is 91.0 Å². The second-order valence-corrected chi connectivity index (χ2v) is 12.2. The lowest BCUT2D eigenvalue weighted by molar-refractivity contribution is -0.199. The zero-order valence-electron chi connectivity index (χ0n) is 19.9. The van der Waals surface area contributed by atoms with Gasteiger partial charge in [-0.1, -0.05) is 112 Å². The molecule has 0 amide bonds.